The molecule has 1 aromatic rings. The number of anilines is 2. The van der Waals surface area contributed by atoms with Crippen molar-refractivity contribution in [3.8, 4) is 0 Å². The van der Waals surface area contributed by atoms with Gasteiger partial charge in [-0.2, -0.15) is 0 Å². The Hall–Kier alpha value is -1.51. The maximum absolute atomic E-state index is 11.8. The van der Waals surface area contributed by atoms with Crippen molar-refractivity contribution in [3.05, 3.63) is 24.3 Å². The van der Waals surface area contributed by atoms with E-state index in [0.717, 1.165) is 25.1 Å². The van der Waals surface area contributed by atoms with Gasteiger partial charge in [-0.25, -0.2) is 0 Å². The van der Waals surface area contributed by atoms with Gasteiger partial charge in [-0.15, -0.1) is 0 Å². The quantitative estimate of drug-likeness (QED) is 0.760. The number of fused-ring (bicyclic) bond motifs is 3. The minimum atomic E-state index is 0.0636. The molecule has 1 unspecified atom stereocenters. The van der Waals surface area contributed by atoms with Crippen molar-refractivity contribution in [1.82, 2.24) is 0 Å². The Morgan fingerprint density at radius 2 is 2.00 bits per heavy atom. The molecular weight excluding hydrogens is 224 g/mol. The van der Waals surface area contributed by atoms with Crippen LogP contribution in [-0.2, 0) is 4.79 Å². The number of carbonyl (C=O) groups excluding carboxylic acids is 1. The van der Waals surface area contributed by atoms with E-state index in [9.17, 15) is 4.79 Å². The topological polar surface area (TPSA) is 32.3 Å². The molecule has 2 heterocycles. The molecule has 1 saturated heterocycles. The molecule has 0 saturated carbocycles. The molecule has 1 aromatic carbocycles. The van der Waals surface area contributed by atoms with Crippen LogP contribution in [0.4, 0.5) is 11.4 Å². The Bertz CT molecular complexity index is 417. The number of hydrogen-bond donors (Lipinski definition) is 1. The number of nitrogens with zero attached hydrogens (tertiary/aromatic N) is 1. The monoisotopic (exact) mass is 246 g/mol. The van der Waals surface area contributed by atoms with E-state index in [4.69, 9.17) is 0 Å². The van der Waals surface area contributed by atoms with Crippen LogP contribution in [-0.4, -0.2) is 18.5 Å². The minimum absolute atomic E-state index is 0.0636. The van der Waals surface area contributed by atoms with Gasteiger partial charge in [-0.3, -0.25) is 4.79 Å². The molecule has 1 atom stereocenters. The lowest BCUT2D eigenvalue weighted by molar-refractivity contribution is -0.118. The Kier molecular flexibility index (Phi) is 4.24. The van der Waals surface area contributed by atoms with E-state index in [-0.39, 0.29) is 11.9 Å². The van der Waals surface area contributed by atoms with Crippen LogP contribution in [0.2, 0.25) is 0 Å². The van der Waals surface area contributed by atoms with Crippen molar-refractivity contribution in [2.45, 2.75) is 45.6 Å². The molecule has 18 heavy (non-hydrogen) atoms. The summed E-state index contributed by atoms with van der Waals surface area (Å²) in [7, 11) is 0. The van der Waals surface area contributed by atoms with Gasteiger partial charge >= 0.3 is 0 Å². The molecule has 3 nitrogen and oxygen atoms in total. The lowest BCUT2D eigenvalue weighted by Crippen LogP contribution is -2.50. The summed E-state index contributed by atoms with van der Waals surface area (Å²) in [6.45, 7) is 5.26. The van der Waals surface area contributed by atoms with Crippen molar-refractivity contribution >= 4 is 17.3 Å². The first-order valence-electron chi connectivity index (χ1n) is 6.94. The summed E-state index contributed by atoms with van der Waals surface area (Å²) < 4.78 is 0. The maximum atomic E-state index is 11.8. The van der Waals surface area contributed by atoms with E-state index in [0.29, 0.717) is 0 Å². The van der Waals surface area contributed by atoms with Crippen molar-refractivity contribution in [3.63, 3.8) is 0 Å². The molecule has 2 aliphatic rings. The van der Waals surface area contributed by atoms with Crippen molar-refractivity contribution in [1.29, 1.82) is 0 Å². The highest BCUT2D eigenvalue weighted by atomic mass is 16.2. The number of hydrogen-bond acceptors (Lipinski definition) is 2. The predicted octanol–water partition coefficient (Wildman–Crippen LogP) is 3.41. The van der Waals surface area contributed by atoms with Crippen LogP contribution in [0.5, 0.6) is 0 Å². The van der Waals surface area contributed by atoms with E-state index >= 15 is 0 Å². The van der Waals surface area contributed by atoms with Gasteiger partial charge in [0, 0.05) is 6.54 Å². The number of benzene rings is 1. The molecule has 0 aliphatic carbocycles. The first-order valence-corrected chi connectivity index (χ1v) is 6.94. The molecule has 98 valence electrons. The molecule has 1 amide bonds. The minimum Gasteiger partial charge on any atom is -0.358 e. The van der Waals surface area contributed by atoms with E-state index in [2.05, 4.69) is 30.1 Å². The highest BCUT2D eigenvalue weighted by Crippen LogP contribution is 2.35. The first-order chi connectivity index (χ1) is 8.77. The average molecular weight is 246 g/mol. The maximum Gasteiger partial charge on any atom is 0.247 e. The van der Waals surface area contributed by atoms with E-state index in [1.165, 1.54) is 18.5 Å². The fourth-order valence-corrected chi connectivity index (χ4v) is 2.54. The van der Waals surface area contributed by atoms with Gasteiger partial charge in [0.15, 0.2) is 0 Å². The number of carbonyl (C=O) groups is 1. The Balaban J connectivity index is 0.000000367. The standard InChI is InChI=1S/C12H14N2O.C3H8/c15-12-11-7-3-4-8-14(11)10-6-2-1-5-9(10)13-12;1-3-2/h1-2,5-6,11H,3-4,7-8H2,(H,13,15);3H2,1-2H3. The molecule has 2 aliphatic heterocycles. The molecule has 3 rings (SSSR count). The Labute approximate surface area is 109 Å². The molecule has 1 fully saturated rings. The zero-order valence-electron chi connectivity index (χ0n) is 11.3. The molecule has 0 spiro atoms. The lowest BCUT2D eigenvalue weighted by Gasteiger charge is -2.40. The summed E-state index contributed by atoms with van der Waals surface area (Å²) in [5, 5.41) is 2.98. The van der Waals surface area contributed by atoms with Crippen LogP contribution in [0, 0.1) is 0 Å². The SMILES string of the molecule is CCC.O=C1Nc2ccccc2N2CCCCC12. The Morgan fingerprint density at radius 1 is 1.28 bits per heavy atom. The van der Waals surface area contributed by atoms with Gasteiger partial charge in [-0.05, 0) is 31.4 Å². The summed E-state index contributed by atoms with van der Waals surface area (Å²) in [6.07, 6.45) is 4.59. The molecule has 3 heteroatoms. The second kappa shape index (κ2) is 5.89. The van der Waals surface area contributed by atoms with Gasteiger partial charge in [-0.1, -0.05) is 32.4 Å². The molecule has 1 N–H and O–H groups in total. The molecular formula is C15H22N2O. The highest BCUT2D eigenvalue weighted by molar-refractivity contribution is 6.03. The van der Waals surface area contributed by atoms with Gasteiger partial charge in [0.05, 0.1) is 11.4 Å². The summed E-state index contributed by atoms with van der Waals surface area (Å²) in [5.74, 6) is 0.161. The zero-order valence-corrected chi connectivity index (χ0v) is 11.3. The van der Waals surface area contributed by atoms with Gasteiger partial charge in [0.2, 0.25) is 5.91 Å². The summed E-state index contributed by atoms with van der Waals surface area (Å²) in [4.78, 5) is 14.1. The lowest BCUT2D eigenvalue weighted by atomic mass is 9.97. The molecule has 0 bridgehead atoms. The number of piperidine rings is 1. The zero-order chi connectivity index (χ0) is 13.0. The number of para-hydroxylation sites is 2. The average Bonchev–Trinajstić information content (AvgIpc) is 2.40. The second-order valence-corrected chi connectivity index (χ2v) is 4.92. The van der Waals surface area contributed by atoms with Gasteiger partial charge < -0.3 is 10.2 Å². The van der Waals surface area contributed by atoms with Crippen LogP contribution in [0.25, 0.3) is 0 Å². The predicted molar refractivity (Wildman–Crippen MR) is 76.0 cm³/mol. The third-order valence-corrected chi connectivity index (χ3v) is 3.28. The fourth-order valence-electron chi connectivity index (χ4n) is 2.54. The van der Waals surface area contributed by atoms with E-state index in [1.807, 2.05) is 18.2 Å². The van der Waals surface area contributed by atoms with Gasteiger partial charge in [0.1, 0.15) is 6.04 Å². The van der Waals surface area contributed by atoms with Crippen LogP contribution >= 0.6 is 0 Å². The first kappa shape index (κ1) is 12.9. The smallest absolute Gasteiger partial charge is 0.247 e. The van der Waals surface area contributed by atoms with Gasteiger partial charge in [0.25, 0.3) is 0 Å². The Morgan fingerprint density at radius 3 is 2.78 bits per heavy atom. The highest BCUT2D eigenvalue weighted by Gasteiger charge is 2.33. The normalized spacial score (nSPS) is 21.1. The largest absolute Gasteiger partial charge is 0.358 e. The summed E-state index contributed by atoms with van der Waals surface area (Å²) >= 11 is 0. The van der Waals surface area contributed by atoms with E-state index in [1.54, 1.807) is 0 Å². The third kappa shape index (κ3) is 2.50. The van der Waals surface area contributed by atoms with E-state index < -0.39 is 0 Å². The van der Waals surface area contributed by atoms with Crippen molar-refractivity contribution < 1.29 is 4.79 Å². The van der Waals surface area contributed by atoms with Crippen LogP contribution < -0.4 is 10.2 Å². The summed E-state index contributed by atoms with van der Waals surface area (Å²) in [5.41, 5.74) is 2.14. The van der Waals surface area contributed by atoms with Crippen LogP contribution in [0.3, 0.4) is 0 Å². The summed E-state index contributed by atoms with van der Waals surface area (Å²) in [6, 6.07) is 8.12. The van der Waals surface area contributed by atoms with Crippen LogP contribution in [0.15, 0.2) is 24.3 Å². The third-order valence-electron chi connectivity index (χ3n) is 3.28. The van der Waals surface area contributed by atoms with Crippen LogP contribution in [0.1, 0.15) is 39.5 Å². The number of nitrogens with one attached hydrogen (secondary N) is 1. The van der Waals surface area contributed by atoms with Crippen molar-refractivity contribution in [2.75, 3.05) is 16.8 Å². The second-order valence-electron chi connectivity index (χ2n) is 4.92. The number of rotatable bonds is 0. The molecule has 0 aromatic heterocycles. The van der Waals surface area contributed by atoms with Crippen molar-refractivity contribution in [2.24, 2.45) is 0 Å². The molecule has 0 radical (unpaired) electrons. The number of amides is 1. The fraction of sp³-hybridized carbons (Fsp3) is 0.533.